The molecule has 2 aliphatic rings. The molecule has 1 N–H and O–H groups in total. The largest absolute Gasteiger partial charge is 0.379 e. The van der Waals surface area contributed by atoms with Crippen LogP contribution in [-0.2, 0) is 27.6 Å². The highest BCUT2D eigenvalue weighted by atomic mass is 32.2. The second-order valence-corrected chi connectivity index (χ2v) is 10.1. The van der Waals surface area contributed by atoms with Crippen LogP contribution in [0.3, 0.4) is 0 Å². The second-order valence-electron chi connectivity index (χ2n) is 8.21. The molecule has 1 aliphatic heterocycles. The van der Waals surface area contributed by atoms with Gasteiger partial charge in [0.1, 0.15) is 0 Å². The van der Waals surface area contributed by atoms with Crippen LogP contribution in [0.15, 0.2) is 47.4 Å². The molecule has 1 amide bonds. The number of aryl methyl sites for hydroxylation is 2. The molecule has 2 aromatic carbocycles. The number of rotatable bonds is 6. The van der Waals surface area contributed by atoms with Crippen molar-refractivity contribution in [2.45, 2.75) is 50.0 Å². The van der Waals surface area contributed by atoms with E-state index in [9.17, 15) is 13.2 Å². The van der Waals surface area contributed by atoms with Crippen LogP contribution in [0.1, 0.15) is 59.3 Å². The van der Waals surface area contributed by atoms with Crippen molar-refractivity contribution in [1.82, 2.24) is 9.62 Å². The van der Waals surface area contributed by atoms with Crippen LogP contribution in [0.5, 0.6) is 0 Å². The number of morpholine rings is 1. The minimum atomic E-state index is -3.56. The van der Waals surface area contributed by atoms with E-state index in [-0.39, 0.29) is 16.8 Å². The normalized spacial score (nSPS) is 18.2. The number of hydrogen-bond acceptors (Lipinski definition) is 4. The average Bonchev–Trinajstić information content (AvgIpc) is 2.82. The van der Waals surface area contributed by atoms with Crippen molar-refractivity contribution in [3.63, 3.8) is 0 Å². The second kappa shape index (κ2) is 9.51. The van der Waals surface area contributed by atoms with Crippen LogP contribution in [0.2, 0.25) is 0 Å². The molecule has 31 heavy (non-hydrogen) atoms. The number of hydrogen-bond donors (Lipinski definition) is 1. The number of nitrogens with zero attached hydrogens (tertiary/aromatic N) is 1. The lowest BCUT2D eigenvalue weighted by Gasteiger charge is -2.26. The van der Waals surface area contributed by atoms with E-state index in [1.54, 1.807) is 12.1 Å². The molecule has 0 spiro atoms. The van der Waals surface area contributed by atoms with Gasteiger partial charge in [-0.2, -0.15) is 4.31 Å². The number of amides is 1. The third-order valence-corrected chi connectivity index (χ3v) is 8.13. The van der Waals surface area contributed by atoms with Crippen molar-refractivity contribution >= 4 is 15.9 Å². The average molecular weight is 443 g/mol. The SMILES string of the molecule is CC[C@H](NC(=O)c1ccc(S(=O)(=O)N2CCOCC2)cc1)c1ccc2c(c1)CCCC2. The molecule has 1 atom stereocenters. The zero-order chi connectivity index (χ0) is 21.8. The molecule has 0 bridgehead atoms. The molecule has 1 fully saturated rings. The van der Waals surface area contributed by atoms with E-state index >= 15 is 0 Å². The third kappa shape index (κ3) is 4.84. The Bertz CT molecular complexity index is 1030. The summed E-state index contributed by atoms with van der Waals surface area (Å²) < 4.78 is 32.2. The number of ether oxygens (including phenoxy) is 1. The molecule has 1 saturated heterocycles. The summed E-state index contributed by atoms with van der Waals surface area (Å²) in [6.07, 6.45) is 5.50. The van der Waals surface area contributed by atoms with Crippen molar-refractivity contribution < 1.29 is 17.9 Å². The number of benzene rings is 2. The third-order valence-electron chi connectivity index (χ3n) is 6.21. The predicted molar refractivity (Wildman–Crippen MR) is 120 cm³/mol. The fourth-order valence-electron chi connectivity index (χ4n) is 4.35. The van der Waals surface area contributed by atoms with Gasteiger partial charge in [0, 0.05) is 18.7 Å². The van der Waals surface area contributed by atoms with Crippen LogP contribution >= 0.6 is 0 Å². The van der Waals surface area contributed by atoms with E-state index in [4.69, 9.17) is 4.74 Å². The van der Waals surface area contributed by atoms with Crippen molar-refractivity contribution in [3.8, 4) is 0 Å². The summed E-state index contributed by atoms with van der Waals surface area (Å²) in [5.74, 6) is -0.195. The van der Waals surface area contributed by atoms with Gasteiger partial charge in [-0.3, -0.25) is 4.79 Å². The molecule has 0 saturated carbocycles. The first kappa shape index (κ1) is 22.0. The fraction of sp³-hybridized carbons (Fsp3) is 0.458. The number of sulfonamides is 1. The summed E-state index contributed by atoms with van der Waals surface area (Å²) in [4.78, 5) is 13.1. The van der Waals surface area contributed by atoms with Gasteiger partial charge in [-0.05, 0) is 73.1 Å². The van der Waals surface area contributed by atoms with Crippen LogP contribution < -0.4 is 5.32 Å². The summed E-state index contributed by atoms with van der Waals surface area (Å²) in [5.41, 5.74) is 4.41. The van der Waals surface area contributed by atoms with Gasteiger partial charge in [0.05, 0.1) is 24.2 Å². The van der Waals surface area contributed by atoms with Gasteiger partial charge in [-0.15, -0.1) is 0 Å². The Balaban J connectivity index is 1.46. The van der Waals surface area contributed by atoms with Crippen molar-refractivity contribution in [2.24, 2.45) is 0 Å². The molecule has 4 rings (SSSR count). The molecular formula is C24H30N2O4S. The first-order valence-electron chi connectivity index (χ1n) is 11.1. The number of nitrogens with one attached hydrogen (secondary N) is 1. The topological polar surface area (TPSA) is 75.7 Å². The van der Waals surface area contributed by atoms with Crippen molar-refractivity contribution in [3.05, 3.63) is 64.7 Å². The molecule has 0 unspecified atom stereocenters. The smallest absolute Gasteiger partial charge is 0.251 e. The zero-order valence-electron chi connectivity index (χ0n) is 18.0. The van der Waals surface area contributed by atoms with Gasteiger partial charge in [-0.25, -0.2) is 8.42 Å². The Morgan fingerprint density at radius 2 is 1.71 bits per heavy atom. The van der Waals surface area contributed by atoms with E-state index in [0.29, 0.717) is 31.9 Å². The predicted octanol–water partition coefficient (Wildman–Crippen LogP) is 3.47. The molecule has 166 valence electrons. The van der Waals surface area contributed by atoms with Gasteiger partial charge < -0.3 is 10.1 Å². The minimum Gasteiger partial charge on any atom is -0.379 e. The van der Waals surface area contributed by atoms with Crippen molar-refractivity contribution in [1.29, 1.82) is 0 Å². The minimum absolute atomic E-state index is 0.0727. The first-order valence-corrected chi connectivity index (χ1v) is 12.5. The fourth-order valence-corrected chi connectivity index (χ4v) is 5.76. The Morgan fingerprint density at radius 1 is 1.03 bits per heavy atom. The lowest BCUT2D eigenvalue weighted by atomic mass is 9.88. The van der Waals surface area contributed by atoms with Crippen molar-refractivity contribution in [2.75, 3.05) is 26.3 Å². The van der Waals surface area contributed by atoms with Crippen LogP contribution in [-0.4, -0.2) is 44.9 Å². The summed E-state index contributed by atoms with van der Waals surface area (Å²) in [5, 5.41) is 3.11. The van der Waals surface area contributed by atoms with E-state index < -0.39 is 10.0 Å². The molecule has 0 aromatic heterocycles. The monoisotopic (exact) mass is 442 g/mol. The highest BCUT2D eigenvalue weighted by molar-refractivity contribution is 7.89. The standard InChI is InChI=1S/C24H30N2O4S/c1-2-23(21-8-7-18-5-3-4-6-20(18)17-21)25-24(27)19-9-11-22(12-10-19)31(28,29)26-13-15-30-16-14-26/h7-12,17,23H,2-6,13-16H2,1H3,(H,25,27)/t23-/m0/s1. The Hall–Kier alpha value is -2.22. The van der Waals surface area contributed by atoms with E-state index in [1.165, 1.54) is 40.4 Å². The van der Waals surface area contributed by atoms with Gasteiger partial charge in [0.25, 0.3) is 5.91 Å². The maximum atomic E-state index is 12.9. The van der Waals surface area contributed by atoms with Crippen LogP contribution in [0.25, 0.3) is 0 Å². The Morgan fingerprint density at radius 3 is 2.39 bits per heavy atom. The molecule has 2 aromatic rings. The van der Waals surface area contributed by atoms with Crippen LogP contribution in [0.4, 0.5) is 0 Å². The molecule has 1 heterocycles. The maximum Gasteiger partial charge on any atom is 0.251 e. The van der Waals surface area contributed by atoms with Gasteiger partial charge in [-0.1, -0.05) is 25.1 Å². The van der Waals surface area contributed by atoms with Gasteiger partial charge in [0.2, 0.25) is 10.0 Å². The lowest BCUT2D eigenvalue weighted by Crippen LogP contribution is -2.40. The summed E-state index contributed by atoms with van der Waals surface area (Å²) in [6.45, 7) is 3.57. The highest BCUT2D eigenvalue weighted by Gasteiger charge is 2.26. The number of fused-ring (bicyclic) bond motifs is 1. The summed E-state index contributed by atoms with van der Waals surface area (Å²) >= 11 is 0. The van der Waals surface area contributed by atoms with E-state index in [2.05, 4.69) is 30.4 Å². The molecular weight excluding hydrogens is 412 g/mol. The van der Waals surface area contributed by atoms with Crippen LogP contribution in [0, 0.1) is 0 Å². The van der Waals surface area contributed by atoms with Gasteiger partial charge in [0.15, 0.2) is 0 Å². The summed E-state index contributed by atoms with van der Waals surface area (Å²) in [7, 11) is -3.56. The molecule has 0 radical (unpaired) electrons. The zero-order valence-corrected chi connectivity index (χ0v) is 18.8. The number of carbonyl (C=O) groups is 1. The number of carbonyl (C=O) groups excluding carboxylic acids is 1. The quantitative estimate of drug-likeness (QED) is 0.743. The molecule has 7 heteroatoms. The maximum absolute atomic E-state index is 12.9. The van der Waals surface area contributed by atoms with Gasteiger partial charge >= 0.3 is 0 Å². The van der Waals surface area contributed by atoms with E-state index in [1.807, 2.05) is 0 Å². The highest BCUT2D eigenvalue weighted by Crippen LogP contribution is 2.26. The Labute approximate surface area is 184 Å². The van der Waals surface area contributed by atoms with E-state index in [0.717, 1.165) is 24.8 Å². The summed E-state index contributed by atoms with van der Waals surface area (Å²) in [6, 6.07) is 12.7. The Kier molecular flexibility index (Phi) is 6.74. The molecule has 6 nitrogen and oxygen atoms in total. The first-order chi connectivity index (χ1) is 15.0. The lowest BCUT2D eigenvalue weighted by molar-refractivity contribution is 0.0730. The molecule has 1 aliphatic carbocycles.